The first-order valence-electron chi connectivity index (χ1n) is 8.43. The van der Waals surface area contributed by atoms with Crippen LogP contribution in [0.1, 0.15) is 25.3 Å². The van der Waals surface area contributed by atoms with E-state index in [-0.39, 0.29) is 17.5 Å². The second kappa shape index (κ2) is 8.22. The van der Waals surface area contributed by atoms with Gasteiger partial charge in [-0.1, -0.05) is 37.7 Å². The zero-order valence-corrected chi connectivity index (χ0v) is 15.8. The number of nitrogens with one attached hydrogen (secondary N) is 1. The molecule has 2 aromatic carbocycles. The maximum absolute atomic E-state index is 13.0. The molecule has 0 saturated heterocycles. The van der Waals surface area contributed by atoms with Crippen molar-refractivity contribution in [2.75, 3.05) is 16.9 Å². The van der Waals surface area contributed by atoms with Gasteiger partial charge in [0.25, 0.3) is 0 Å². The number of hydrogen-bond donors (Lipinski definition) is 2. The molecule has 0 radical (unpaired) electrons. The Balaban J connectivity index is 1.60. The van der Waals surface area contributed by atoms with Gasteiger partial charge in [0.05, 0.1) is 5.75 Å². The van der Waals surface area contributed by atoms with Gasteiger partial charge in [-0.2, -0.15) is 0 Å². The van der Waals surface area contributed by atoms with Crippen LogP contribution in [-0.4, -0.2) is 26.5 Å². The largest absolute Gasteiger partial charge is 0.335 e. The molecule has 8 heteroatoms. The van der Waals surface area contributed by atoms with E-state index in [0.29, 0.717) is 22.5 Å². The van der Waals surface area contributed by atoms with Crippen LogP contribution in [-0.2, 0) is 4.79 Å². The third-order valence-electron chi connectivity index (χ3n) is 3.96. The molecule has 0 aliphatic carbocycles. The average molecular weight is 385 g/mol. The van der Waals surface area contributed by atoms with Crippen LogP contribution in [0.3, 0.4) is 0 Å². The third-order valence-corrected chi connectivity index (χ3v) is 4.90. The van der Waals surface area contributed by atoms with Crippen LogP contribution in [0.2, 0.25) is 0 Å². The van der Waals surface area contributed by atoms with E-state index in [9.17, 15) is 9.18 Å². The maximum Gasteiger partial charge on any atom is 0.234 e. The van der Waals surface area contributed by atoms with Gasteiger partial charge < -0.3 is 11.2 Å². The zero-order chi connectivity index (χ0) is 19.4. The van der Waals surface area contributed by atoms with E-state index in [1.807, 2.05) is 24.3 Å². The van der Waals surface area contributed by atoms with Crippen LogP contribution in [0, 0.1) is 5.82 Å². The molecule has 0 aliphatic heterocycles. The molecule has 3 aromatic rings. The van der Waals surface area contributed by atoms with Crippen LogP contribution < -0.4 is 11.2 Å². The highest BCUT2D eigenvalue weighted by molar-refractivity contribution is 7.99. The Labute approximate surface area is 161 Å². The number of amides is 1. The first kappa shape index (κ1) is 18.9. The fourth-order valence-electron chi connectivity index (χ4n) is 2.45. The van der Waals surface area contributed by atoms with Gasteiger partial charge >= 0.3 is 0 Å². The summed E-state index contributed by atoms with van der Waals surface area (Å²) in [6.07, 6.45) is 0. The zero-order valence-electron chi connectivity index (χ0n) is 15.0. The molecule has 6 nitrogen and oxygen atoms in total. The minimum atomic E-state index is -0.338. The third kappa shape index (κ3) is 4.65. The minimum absolute atomic E-state index is 0.144. The van der Waals surface area contributed by atoms with E-state index in [4.69, 9.17) is 5.84 Å². The van der Waals surface area contributed by atoms with Crippen molar-refractivity contribution < 1.29 is 9.18 Å². The highest BCUT2D eigenvalue weighted by Gasteiger charge is 2.14. The molecule has 3 N–H and O–H groups in total. The number of rotatable bonds is 6. The second-order valence-electron chi connectivity index (χ2n) is 6.30. The van der Waals surface area contributed by atoms with E-state index < -0.39 is 0 Å². The van der Waals surface area contributed by atoms with E-state index in [1.165, 1.54) is 34.1 Å². The molecule has 0 atom stereocenters. The predicted molar refractivity (Wildman–Crippen MR) is 105 cm³/mol. The molecule has 0 unspecified atom stereocenters. The van der Waals surface area contributed by atoms with Crippen LogP contribution in [0.25, 0.3) is 11.4 Å². The van der Waals surface area contributed by atoms with Crippen LogP contribution in [0.15, 0.2) is 53.7 Å². The van der Waals surface area contributed by atoms with Crippen molar-refractivity contribution in [2.45, 2.75) is 24.9 Å². The Morgan fingerprint density at radius 2 is 1.81 bits per heavy atom. The number of carbonyl (C=O) groups is 1. The summed E-state index contributed by atoms with van der Waals surface area (Å²) in [4.78, 5) is 12.2. The van der Waals surface area contributed by atoms with E-state index in [2.05, 4.69) is 29.4 Å². The molecule has 0 spiro atoms. The van der Waals surface area contributed by atoms with Crippen molar-refractivity contribution in [3.63, 3.8) is 0 Å². The topological polar surface area (TPSA) is 85.8 Å². The SMILES string of the molecule is CC(C)c1ccc(NC(=O)CSc2nnc(-c3ccc(F)cc3)n2N)cc1. The summed E-state index contributed by atoms with van der Waals surface area (Å²) < 4.78 is 14.3. The first-order valence-corrected chi connectivity index (χ1v) is 9.41. The molecule has 0 fully saturated rings. The average Bonchev–Trinajstić information content (AvgIpc) is 3.02. The molecule has 0 saturated carbocycles. The lowest BCUT2D eigenvalue weighted by Crippen LogP contribution is -2.16. The molecular formula is C19H20FN5OS. The molecular weight excluding hydrogens is 365 g/mol. The molecule has 1 aromatic heterocycles. The number of carbonyl (C=O) groups excluding carboxylic acids is 1. The van der Waals surface area contributed by atoms with Gasteiger partial charge in [0.1, 0.15) is 5.82 Å². The Bertz CT molecular complexity index is 922. The van der Waals surface area contributed by atoms with Crippen LogP contribution in [0.4, 0.5) is 10.1 Å². The second-order valence-corrected chi connectivity index (χ2v) is 7.24. The number of anilines is 1. The van der Waals surface area contributed by atoms with E-state index in [1.54, 1.807) is 12.1 Å². The van der Waals surface area contributed by atoms with Crippen LogP contribution in [0.5, 0.6) is 0 Å². The van der Waals surface area contributed by atoms with E-state index in [0.717, 1.165) is 5.69 Å². The number of nitrogens with two attached hydrogens (primary N) is 1. The predicted octanol–water partition coefficient (Wildman–Crippen LogP) is 3.65. The summed E-state index contributed by atoms with van der Waals surface area (Å²) in [6, 6.07) is 13.6. The number of benzene rings is 2. The summed E-state index contributed by atoms with van der Waals surface area (Å²) in [7, 11) is 0. The first-order chi connectivity index (χ1) is 12.9. The molecule has 27 heavy (non-hydrogen) atoms. The smallest absolute Gasteiger partial charge is 0.234 e. The molecule has 140 valence electrons. The van der Waals surface area contributed by atoms with Crippen molar-refractivity contribution in [1.82, 2.24) is 14.9 Å². The summed E-state index contributed by atoms with van der Waals surface area (Å²) in [6.45, 7) is 4.24. The summed E-state index contributed by atoms with van der Waals surface area (Å²) in [5.41, 5.74) is 2.60. The van der Waals surface area contributed by atoms with Gasteiger partial charge in [0.2, 0.25) is 11.1 Å². The van der Waals surface area contributed by atoms with Gasteiger partial charge in [0.15, 0.2) is 5.82 Å². The number of nitrogens with zero attached hydrogens (tertiary/aromatic N) is 3. The summed E-state index contributed by atoms with van der Waals surface area (Å²) >= 11 is 1.18. The summed E-state index contributed by atoms with van der Waals surface area (Å²) in [5.74, 6) is 6.49. The number of hydrogen-bond acceptors (Lipinski definition) is 5. The lowest BCUT2D eigenvalue weighted by molar-refractivity contribution is -0.113. The fourth-order valence-corrected chi connectivity index (χ4v) is 3.11. The van der Waals surface area contributed by atoms with Gasteiger partial charge in [-0.05, 0) is 47.9 Å². The Hall–Kier alpha value is -2.87. The number of aromatic nitrogens is 3. The lowest BCUT2D eigenvalue weighted by atomic mass is 10.0. The van der Waals surface area contributed by atoms with Gasteiger partial charge in [-0.3, -0.25) is 4.79 Å². The fraction of sp³-hybridized carbons (Fsp3) is 0.211. The molecule has 3 rings (SSSR count). The lowest BCUT2D eigenvalue weighted by Gasteiger charge is -2.08. The van der Waals surface area contributed by atoms with Crippen LogP contribution >= 0.6 is 11.8 Å². The molecule has 1 heterocycles. The molecule has 1 amide bonds. The van der Waals surface area contributed by atoms with Crippen molar-refractivity contribution in [2.24, 2.45) is 0 Å². The van der Waals surface area contributed by atoms with E-state index >= 15 is 0 Å². The van der Waals surface area contributed by atoms with Gasteiger partial charge in [0, 0.05) is 11.3 Å². The number of halogens is 1. The Morgan fingerprint density at radius 3 is 2.44 bits per heavy atom. The maximum atomic E-state index is 13.0. The van der Waals surface area contributed by atoms with Crippen molar-refractivity contribution in [1.29, 1.82) is 0 Å². The minimum Gasteiger partial charge on any atom is -0.335 e. The Kier molecular flexibility index (Phi) is 5.75. The van der Waals surface area contributed by atoms with Gasteiger partial charge in [-0.25, -0.2) is 9.07 Å². The number of thioether (sulfide) groups is 1. The Morgan fingerprint density at radius 1 is 1.15 bits per heavy atom. The van der Waals surface area contributed by atoms with Crippen molar-refractivity contribution in [3.05, 3.63) is 59.9 Å². The normalized spacial score (nSPS) is 11.0. The monoisotopic (exact) mass is 385 g/mol. The summed E-state index contributed by atoms with van der Waals surface area (Å²) in [5, 5.41) is 11.3. The highest BCUT2D eigenvalue weighted by atomic mass is 32.2. The quantitative estimate of drug-likeness (QED) is 0.500. The van der Waals surface area contributed by atoms with Crippen molar-refractivity contribution in [3.8, 4) is 11.4 Å². The highest BCUT2D eigenvalue weighted by Crippen LogP contribution is 2.22. The van der Waals surface area contributed by atoms with Gasteiger partial charge in [-0.15, -0.1) is 10.2 Å². The number of nitrogen functional groups attached to an aromatic ring is 1. The standard InChI is InChI=1S/C19H20FN5OS/c1-12(2)13-5-9-16(10-6-13)22-17(26)11-27-19-24-23-18(25(19)21)14-3-7-15(20)8-4-14/h3-10,12H,11,21H2,1-2H3,(H,22,26). The van der Waals surface area contributed by atoms with Crippen molar-refractivity contribution >= 4 is 23.4 Å². The molecule has 0 bridgehead atoms. The molecule has 0 aliphatic rings.